The van der Waals surface area contributed by atoms with E-state index in [2.05, 4.69) is 11.8 Å². The Morgan fingerprint density at radius 2 is 2.11 bits per heavy atom. The van der Waals surface area contributed by atoms with Crippen LogP contribution in [-0.4, -0.2) is 34.7 Å². The Morgan fingerprint density at radius 3 is 3.00 bits per heavy atom. The van der Waals surface area contributed by atoms with E-state index in [0.717, 1.165) is 30.1 Å². The molecule has 0 aromatic rings. The Hall–Kier alpha value is -0.0800. The molecule has 2 nitrogen and oxygen atoms in total. The van der Waals surface area contributed by atoms with Gasteiger partial charge in [-0.3, -0.25) is 4.90 Å². The second kappa shape index (κ2) is 2.98. The molecule has 2 saturated heterocycles. The molecule has 1 spiro atoms. The second-order valence-electron chi connectivity index (χ2n) is 8.11. The lowest BCUT2D eigenvalue weighted by Crippen LogP contribution is -2.69. The molecule has 2 heteroatoms. The van der Waals surface area contributed by atoms with E-state index < -0.39 is 0 Å². The summed E-state index contributed by atoms with van der Waals surface area (Å²) in [5.74, 6) is 3.49. The summed E-state index contributed by atoms with van der Waals surface area (Å²) < 4.78 is 0. The van der Waals surface area contributed by atoms with Crippen molar-refractivity contribution >= 4 is 0 Å². The van der Waals surface area contributed by atoms with Crippen molar-refractivity contribution in [3.05, 3.63) is 0 Å². The van der Waals surface area contributed by atoms with Gasteiger partial charge in [-0.15, -0.1) is 0 Å². The first-order valence-electron chi connectivity index (χ1n) is 8.11. The lowest BCUT2D eigenvalue weighted by Gasteiger charge is -2.64. The van der Waals surface area contributed by atoms with Gasteiger partial charge >= 0.3 is 0 Å². The van der Waals surface area contributed by atoms with Crippen LogP contribution in [0.15, 0.2) is 0 Å². The summed E-state index contributed by atoms with van der Waals surface area (Å²) in [6, 6.07) is 0. The number of rotatable bonds is 0. The van der Waals surface area contributed by atoms with Gasteiger partial charge in [-0.2, -0.15) is 0 Å². The fourth-order valence-electron chi connectivity index (χ4n) is 7.71. The predicted octanol–water partition coefficient (Wildman–Crippen LogP) is 2.27. The van der Waals surface area contributed by atoms with Crippen LogP contribution in [0.25, 0.3) is 0 Å². The average Bonchev–Trinajstić information content (AvgIpc) is 2.59. The van der Waals surface area contributed by atoms with Gasteiger partial charge in [0.2, 0.25) is 0 Å². The van der Waals surface area contributed by atoms with E-state index in [0.29, 0.717) is 11.0 Å². The van der Waals surface area contributed by atoms with Gasteiger partial charge in [0.15, 0.2) is 0 Å². The number of aliphatic hydroxyl groups excluding tert-OH is 1. The highest BCUT2D eigenvalue weighted by Gasteiger charge is 2.78. The summed E-state index contributed by atoms with van der Waals surface area (Å²) >= 11 is 0. The van der Waals surface area contributed by atoms with Crippen molar-refractivity contribution < 1.29 is 5.11 Å². The molecule has 0 aromatic carbocycles. The van der Waals surface area contributed by atoms with E-state index in [-0.39, 0.29) is 6.10 Å². The molecule has 5 aliphatic rings. The van der Waals surface area contributed by atoms with Crippen LogP contribution in [0, 0.1) is 29.1 Å². The molecule has 0 amide bonds. The molecule has 2 aliphatic heterocycles. The third-order valence-electron chi connectivity index (χ3n) is 7.76. The fourth-order valence-corrected chi connectivity index (χ4v) is 7.71. The monoisotopic (exact) mass is 247 g/mol. The first kappa shape index (κ1) is 10.7. The quantitative estimate of drug-likeness (QED) is 0.710. The summed E-state index contributed by atoms with van der Waals surface area (Å²) in [5, 5.41) is 10.9. The van der Waals surface area contributed by atoms with Crippen LogP contribution in [0.5, 0.6) is 0 Å². The van der Waals surface area contributed by atoms with Crippen molar-refractivity contribution in [2.24, 2.45) is 29.1 Å². The van der Waals surface area contributed by atoms with Gasteiger partial charge in [-0.05, 0) is 68.7 Å². The number of aliphatic hydroxyl groups is 1. The minimum absolute atomic E-state index is 0.0176. The van der Waals surface area contributed by atoms with Crippen LogP contribution in [0.2, 0.25) is 0 Å². The van der Waals surface area contributed by atoms with Gasteiger partial charge in [0.25, 0.3) is 0 Å². The third kappa shape index (κ3) is 0.841. The second-order valence-corrected chi connectivity index (χ2v) is 8.11. The van der Waals surface area contributed by atoms with Crippen molar-refractivity contribution in [2.45, 2.75) is 57.1 Å². The van der Waals surface area contributed by atoms with Gasteiger partial charge in [0, 0.05) is 17.5 Å². The Kier molecular flexibility index (Phi) is 1.77. The van der Waals surface area contributed by atoms with Crippen molar-refractivity contribution in [3.63, 3.8) is 0 Å². The van der Waals surface area contributed by atoms with Crippen LogP contribution in [0.4, 0.5) is 0 Å². The number of nitrogens with zero attached hydrogens (tertiary/aromatic N) is 1. The molecule has 3 saturated carbocycles. The Balaban J connectivity index is 1.75. The lowest BCUT2D eigenvalue weighted by atomic mass is 9.48. The van der Waals surface area contributed by atoms with Gasteiger partial charge in [-0.25, -0.2) is 0 Å². The Bertz CT molecular complexity index is 410. The number of piperidine rings is 2. The van der Waals surface area contributed by atoms with Gasteiger partial charge in [0.1, 0.15) is 0 Å². The molecular formula is C16H25NO. The SMILES string of the molecule is C[C@@H]1C[C@H]2C[C@@H](O)[C@]34CCCN5C[C@H]3C[C@H]2[C@@]54C1. The van der Waals surface area contributed by atoms with Crippen LogP contribution < -0.4 is 0 Å². The predicted molar refractivity (Wildman–Crippen MR) is 70.1 cm³/mol. The first-order valence-corrected chi connectivity index (χ1v) is 8.11. The molecule has 0 aromatic heterocycles. The standard InChI is InChI=1S/C16H25NO/c1-10-5-11-6-14(18)15-3-2-4-17-9-12(15)7-13(11)16(15,17)8-10/h10-14,18H,2-9H2,1H3/t10-,11+,12-,13-,14-,15+,16-/m1/s1. The fraction of sp³-hybridized carbons (Fsp3) is 1.00. The van der Waals surface area contributed by atoms with Crippen molar-refractivity contribution in [1.82, 2.24) is 4.90 Å². The molecule has 1 N–H and O–H groups in total. The van der Waals surface area contributed by atoms with Gasteiger partial charge in [-0.1, -0.05) is 6.92 Å². The molecular weight excluding hydrogens is 222 g/mol. The molecule has 5 fully saturated rings. The van der Waals surface area contributed by atoms with Crippen LogP contribution in [-0.2, 0) is 0 Å². The summed E-state index contributed by atoms with van der Waals surface area (Å²) in [5.41, 5.74) is 0.761. The summed E-state index contributed by atoms with van der Waals surface area (Å²) in [7, 11) is 0. The molecule has 0 radical (unpaired) electrons. The minimum atomic E-state index is 0.0176. The lowest BCUT2D eigenvalue weighted by molar-refractivity contribution is -0.175. The Morgan fingerprint density at radius 1 is 1.22 bits per heavy atom. The molecule has 6 bridgehead atoms. The van der Waals surface area contributed by atoms with E-state index in [1.54, 1.807) is 0 Å². The average molecular weight is 247 g/mol. The number of hydrogen-bond acceptors (Lipinski definition) is 2. The molecule has 1 unspecified atom stereocenters. The minimum Gasteiger partial charge on any atom is -0.392 e. The molecule has 100 valence electrons. The van der Waals surface area contributed by atoms with Crippen molar-refractivity contribution in [3.8, 4) is 0 Å². The number of hydrogen-bond donors (Lipinski definition) is 1. The molecule has 18 heavy (non-hydrogen) atoms. The maximum Gasteiger partial charge on any atom is 0.0620 e. The first-order chi connectivity index (χ1) is 8.68. The highest BCUT2D eigenvalue weighted by Crippen LogP contribution is 2.75. The molecule has 5 rings (SSSR count). The van der Waals surface area contributed by atoms with Crippen LogP contribution in [0.1, 0.15) is 45.4 Å². The van der Waals surface area contributed by atoms with E-state index in [9.17, 15) is 5.11 Å². The van der Waals surface area contributed by atoms with E-state index in [1.807, 2.05) is 0 Å². The largest absolute Gasteiger partial charge is 0.392 e. The van der Waals surface area contributed by atoms with Gasteiger partial charge < -0.3 is 5.11 Å². The van der Waals surface area contributed by atoms with Crippen LogP contribution in [0.3, 0.4) is 0 Å². The smallest absolute Gasteiger partial charge is 0.0620 e. The molecule has 2 heterocycles. The zero-order chi connectivity index (χ0) is 12.1. The van der Waals surface area contributed by atoms with Gasteiger partial charge in [0.05, 0.1) is 6.10 Å². The van der Waals surface area contributed by atoms with E-state index in [4.69, 9.17) is 0 Å². The topological polar surface area (TPSA) is 23.5 Å². The summed E-state index contributed by atoms with van der Waals surface area (Å²) in [6.45, 7) is 5.10. The Labute approximate surface area is 110 Å². The highest BCUT2D eigenvalue weighted by molar-refractivity contribution is 5.30. The summed E-state index contributed by atoms with van der Waals surface area (Å²) in [6.07, 6.45) is 8.03. The zero-order valence-corrected chi connectivity index (χ0v) is 11.4. The normalized spacial score (nSPS) is 68.3. The third-order valence-corrected chi connectivity index (χ3v) is 7.76. The van der Waals surface area contributed by atoms with E-state index >= 15 is 0 Å². The maximum atomic E-state index is 10.9. The molecule has 8 atom stereocenters. The zero-order valence-electron chi connectivity index (χ0n) is 11.4. The van der Waals surface area contributed by atoms with E-state index in [1.165, 1.54) is 45.2 Å². The van der Waals surface area contributed by atoms with Crippen molar-refractivity contribution in [2.75, 3.05) is 13.1 Å². The highest BCUT2D eigenvalue weighted by atomic mass is 16.3. The molecule has 3 aliphatic carbocycles. The summed E-state index contributed by atoms with van der Waals surface area (Å²) in [4.78, 5) is 2.85. The van der Waals surface area contributed by atoms with Crippen LogP contribution >= 0.6 is 0 Å². The van der Waals surface area contributed by atoms with Crippen molar-refractivity contribution in [1.29, 1.82) is 0 Å². The maximum absolute atomic E-state index is 10.9.